The predicted octanol–water partition coefficient (Wildman–Crippen LogP) is 0.586. The van der Waals surface area contributed by atoms with Crippen LogP contribution >= 0.6 is 0 Å². The molecule has 0 aromatic carbocycles. The Morgan fingerprint density at radius 1 is 1.65 bits per heavy atom. The topological polar surface area (TPSA) is 72.9 Å². The van der Waals surface area contributed by atoms with E-state index in [0.29, 0.717) is 17.5 Å². The minimum atomic E-state index is -0.0314. The van der Waals surface area contributed by atoms with Crippen molar-refractivity contribution in [3.63, 3.8) is 0 Å². The molecule has 1 aromatic heterocycles. The molecule has 1 aromatic rings. The van der Waals surface area contributed by atoms with Gasteiger partial charge in [-0.05, 0) is 32.1 Å². The maximum atomic E-state index is 11.9. The Balaban J connectivity index is 1.87. The highest BCUT2D eigenvalue weighted by atomic mass is 16.1. The maximum Gasteiger partial charge on any atom is 0.254 e. The van der Waals surface area contributed by atoms with Gasteiger partial charge in [0, 0.05) is 25.3 Å². The minimum absolute atomic E-state index is 0.0314. The van der Waals surface area contributed by atoms with Crippen molar-refractivity contribution in [2.24, 2.45) is 18.7 Å². The zero-order valence-corrected chi connectivity index (χ0v) is 10.4. The highest BCUT2D eigenvalue weighted by molar-refractivity contribution is 5.94. The molecule has 1 amide bonds. The average Bonchev–Trinajstić information content (AvgIpc) is 2.84. The highest BCUT2D eigenvalue weighted by Crippen LogP contribution is 2.23. The molecule has 1 saturated carbocycles. The van der Waals surface area contributed by atoms with Crippen molar-refractivity contribution in [3.8, 4) is 0 Å². The molecule has 1 aliphatic rings. The zero-order valence-electron chi connectivity index (χ0n) is 10.4. The number of hydrogen-bond acceptors (Lipinski definition) is 3. The molecule has 2 rings (SSSR count). The molecule has 2 atom stereocenters. The third kappa shape index (κ3) is 2.66. The molecule has 1 fully saturated rings. The molecule has 94 valence electrons. The van der Waals surface area contributed by atoms with E-state index in [1.165, 1.54) is 0 Å². The molecule has 1 heterocycles. The fraction of sp³-hybridized carbons (Fsp3) is 0.667. The molecule has 0 spiro atoms. The first kappa shape index (κ1) is 12.1. The van der Waals surface area contributed by atoms with Gasteiger partial charge in [0.25, 0.3) is 5.91 Å². The molecule has 3 N–H and O–H groups in total. The summed E-state index contributed by atoms with van der Waals surface area (Å²) in [6.45, 7) is 2.62. The third-order valence-electron chi connectivity index (χ3n) is 3.61. The third-order valence-corrected chi connectivity index (χ3v) is 3.61. The van der Waals surface area contributed by atoms with E-state index < -0.39 is 0 Å². The average molecular weight is 236 g/mol. The number of carbonyl (C=O) groups is 1. The zero-order chi connectivity index (χ0) is 12.4. The van der Waals surface area contributed by atoms with E-state index >= 15 is 0 Å². The van der Waals surface area contributed by atoms with Gasteiger partial charge >= 0.3 is 0 Å². The summed E-state index contributed by atoms with van der Waals surface area (Å²) < 4.78 is 1.71. The number of nitrogens with one attached hydrogen (secondary N) is 1. The lowest BCUT2D eigenvalue weighted by Gasteiger charge is -2.10. The summed E-state index contributed by atoms with van der Waals surface area (Å²) in [6.07, 6.45) is 4.83. The van der Waals surface area contributed by atoms with Crippen molar-refractivity contribution in [1.82, 2.24) is 15.1 Å². The van der Waals surface area contributed by atoms with Gasteiger partial charge in [-0.25, -0.2) is 0 Å². The Labute approximate surface area is 101 Å². The number of aryl methyl sites for hydroxylation is 1. The molecule has 1 aliphatic carbocycles. The van der Waals surface area contributed by atoms with Crippen LogP contribution in [0.2, 0.25) is 0 Å². The second kappa shape index (κ2) is 4.87. The van der Waals surface area contributed by atoms with Crippen molar-refractivity contribution in [2.45, 2.75) is 32.2 Å². The Morgan fingerprint density at radius 3 is 2.94 bits per heavy atom. The molecular weight excluding hydrogens is 216 g/mol. The molecule has 2 unspecified atom stereocenters. The van der Waals surface area contributed by atoms with E-state index in [2.05, 4.69) is 10.4 Å². The Hall–Kier alpha value is -1.36. The maximum absolute atomic E-state index is 11.9. The van der Waals surface area contributed by atoms with Gasteiger partial charge in [-0.1, -0.05) is 0 Å². The molecule has 0 bridgehead atoms. The Morgan fingerprint density at radius 2 is 2.41 bits per heavy atom. The van der Waals surface area contributed by atoms with E-state index in [1.54, 1.807) is 10.9 Å². The second-order valence-electron chi connectivity index (χ2n) is 4.92. The van der Waals surface area contributed by atoms with E-state index in [-0.39, 0.29) is 5.91 Å². The van der Waals surface area contributed by atoms with Gasteiger partial charge in [-0.2, -0.15) is 5.10 Å². The minimum Gasteiger partial charge on any atom is -0.352 e. The number of rotatable bonds is 3. The van der Waals surface area contributed by atoms with E-state index in [4.69, 9.17) is 5.73 Å². The standard InChI is InChI=1S/C12H20N4O/c1-8-11(7-15-16(8)2)12(17)14-6-9-3-4-10(13)5-9/h7,9-10H,3-6,13H2,1-2H3,(H,14,17). The van der Waals surface area contributed by atoms with Gasteiger partial charge in [0.2, 0.25) is 0 Å². The predicted molar refractivity (Wildman–Crippen MR) is 65.6 cm³/mol. The lowest BCUT2D eigenvalue weighted by Crippen LogP contribution is -2.29. The van der Waals surface area contributed by atoms with Gasteiger partial charge in [0.05, 0.1) is 11.8 Å². The molecule has 5 heteroatoms. The quantitative estimate of drug-likeness (QED) is 0.806. The van der Waals surface area contributed by atoms with Crippen molar-refractivity contribution in [2.75, 3.05) is 6.54 Å². The first-order valence-electron chi connectivity index (χ1n) is 6.10. The van der Waals surface area contributed by atoms with E-state index in [9.17, 15) is 4.79 Å². The highest BCUT2D eigenvalue weighted by Gasteiger charge is 2.22. The number of nitrogens with zero attached hydrogens (tertiary/aromatic N) is 2. The van der Waals surface area contributed by atoms with Gasteiger partial charge < -0.3 is 11.1 Å². The van der Waals surface area contributed by atoms with Gasteiger partial charge in [0.1, 0.15) is 0 Å². The van der Waals surface area contributed by atoms with Crippen LogP contribution < -0.4 is 11.1 Å². The van der Waals surface area contributed by atoms with Crippen LogP contribution in [0.3, 0.4) is 0 Å². The summed E-state index contributed by atoms with van der Waals surface area (Å²) in [5.41, 5.74) is 7.40. The number of carbonyl (C=O) groups excluding carboxylic acids is 1. The SMILES string of the molecule is Cc1c(C(=O)NCC2CCC(N)C2)cnn1C. The molecule has 0 saturated heterocycles. The summed E-state index contributed by atoms with van der Waals surface area (Å²) in [7, 11) is 1.84. The fourth-order valence-electron chi connectivity index (χ4n) is 2.35. The number of aromatic nitrogens is 2. The summed E-state index contributed by atoms with van der Waals surface area (Å²) in [5, 5.41) is 7.03. The van der Waals surface area contributed by atoms with Crippen LogP contribution in [-0.2, 0) is 7.05 Å². The van der Waals surface area contributed by atoms with Crippen molar-refractivity contribution >= 4 is 5.91 Å². The van der Waals surface area contributed by atoms with Crippen LogP contribution in [0.5, 0.6) is 0 Å². The second-order valence-corrected chi connectivity index (χ2v) is 4.92. The summed E-state index contributed by atoms with van der Waals surface area (Å²) in [5.74, 6) is 0.502. The van der Waals surface area contributed by atoms with Crippen molar-refractivity contribution < 1.29 is 4.79 Å². The van der Waals surface area contributed by atoms with Crippen LogP contribution in [0.25, 0.3) is 0 Å². The van der Waals surface area contributed by atoms with E-state index in [1.807, 2.05) is 14.0 Å². The molecule has 17 heavy (non-hydrogen) atoms. The van der Waals surface area contributed by atoms with Crippen LogP contribution in [0.1, 0.15) is 35.3 Å². The fourth-order valence-corrected chi connectivity index (χ4v) is 2.35. The van der Waals surface area contributed by atoms with Crippen molar-refractivity contribution in [1.29, 1.82) is 0 Å². The molecule has 5 nitrogen and oxygen atoms in total. The van der Waals surface area contributed by atoms with E-state index in [0.717, 1.165) is 31.5 Å². The molecule has 0 aliphatic heterocycles. The normalized spacial score (nSPS) is 23.9. The summed E-state index contributed by atoms with van der Waals surface area (Å²) in [4.78, 5) is 11.9. The number of amides is 1. The molecule has 0 radical (unpaired) electrons. The summed E-state index contributed by atoms with van der Waals surface area (Å²) >= 11 is 0. The Kier molecular flexibility index (Phi) is 3.47. The van der Waals surface area contributed by atoms with Crippen LogP contribution in [0, 0.1) is 12.8 Å². The smallest absolute Gasteiger partial charge is 0.254 e. The first-order valence-corrected chi connectivity index (χ1v) is 6.10. The van der Waals surface area contributed by atoms with Gasteiger partial charge in [-0.15, -0.1) is 0 Å². The van der Waals surface area contributed by atoms with Gasteiger partial charge in [0.15, 0.2) is 0 Å². The van der Waals surface area contributed by atoms with Crippen LogP contribution in [-0.4, -0.2) is 28.3 Å². The summed E-state index contributed by atoms with van der Waals surface area (Å²) in [6, 6.07) is 0.317. The van der Waals surface area contributed by atoms with Crippen LogP contribution in [0.4, 0.5) is 0 Å². The Bertz CT molecular complexity index is 413. The monoisotopic (exact) mass is 236 g/mol. The largest absolute Gasteiger partial charge is 0.352 e. The number of hydrogen-bond donors (Lipinski definition) is 2. The first-order chi connectivity index (χ1) is 8.08. The lowest BCUT2D eigenvalue weighted by atomic mass is 10.1. The van der Waals surface area contributed by atoms with Gasteiger partial charge in [-0.3, -0.25) is 9.48 Å². The molecular formula is C12H20N4O. The van der Waals surface area contributed by atoms with Crippen LogP contribution in [0.15, 0.2) is 6.20 Å². The van der Waals surface area contributed by atoms with Crippen molar-refractivity contribution in [3.05, 3.63) is 17.5 Å². The number of nitrogens with two attached hydrogens (primary N) is 1. The lowest BCUT2D eigenvalue weighted by molar-refractivity contribution is 0.0946.